The Balaban J connectivity index is 1.74. The lowest BCUT2D eigenvalue weighted by Crippen LogP contribution is -2.39. The van der Waals surface area contributed by atoms with Gasteiger partial charge in [0, 0.05) is 19.2 Å². The predicted molar refractivity (Wildman–Crippen MR) is 107 cm³/mol. The van der Waals surface area contributed by atoms with Crippen LogP contribution >= 0.6 is 0 Å². The number of rotatable bonds is 3. The summed E-state index contributed by atoms with van der Waals surface area (Å²) < 4.78 is 2.83. The first kappa shape index (κ1) is 20.0. The lowest BCUT2D eigenvalue weighted by Gasteiger charge is -2.13. The molecule has 2 aromatic rings. The number of nitrogens with zero attached hydrogens (tertiary/aromatic N) is 3. The topological polar surface area (TPSA) is 157 Å². The first-order valence-corrected chi connectivity index (χ1v) is 9.33. The Morgan fingerprint density at radius 3 is 2.45 bits per heavy atom. The minimum atomic E-state index is -2.35. The number of ketones is 3. The van der Waals surface area contributed by atoms with Gasteiger partial charge in [0.05, 0.1) is 23.0 Å². The maximum Gasteiger partial charge on any atom is 0.295 e. The Morgan fingerprint density at radius 2 is 1.87 bits per heavy atom. The van der Waals surface area contributed by atoms with Crippen LogP contribution in [0.2, 0.25) is 0 Å². The van der Waals surface area contributed by atoms with Crippen molar-refractivity contribution < 1.29 is 19.2 Å². The summed E-state index contributed by atoms with van der Waals surface area (Å²) in [5, 5.41) is 11.9. The highest BCUT2D eigenvalue weighted by atomic mass is 16.2. The van der Waals surface area contributed by atoms with Crippen LogP contribution in [0.3, 0.4) is 0 Å². The second-order valence-corrected chi connectivity index (χ2v) is 7.45. The van der Waals surface area contributed by atoms with Crippen molar-refractivity contribution in [2.45, 2.75) is 13.3 Å². The Labute approximate surface area is 175 Å². The standard InChI is InChI=1S/C21H17N5O5/c1-10-16(20(31)26(25(10)2)11-6-4-3-5-7-11)24-19(30)14-17(28)15-12(23)8-13(27)21(15,9-22)18(14)29/h3-7,14H,8,23H2,1-2H3,(H,24,30). The van der Waals surface area contributed by atoms with E-state index in [4.69, 9.17) is 5.73 Å². The van der Waals surface area contributed by atoms with E-state index < -0.39 is 52.1 Å². The molecule has 0 spiro atoms. The van der Waals surface area contributed by atoms with Crippen LogP contribution in [-0.2, 0) is 26.2 Å². The van der Waals surface area contributed by atoms with Gasteiger partial charge in [0.15, 0.2) is 23.3 Å². The van der Waals surface area contributed by atoms with E-state index in [2.05, 4.69) is 5.32 Å². The van der Waals surface area contributed by atoms with E-state index in [1.165, 1.54) is 9.36 Å². The predicted octanol–water partition coefficient (Wildman–Crippen LogP) is -0.113. The van der Waals surface area contributed by atoms with Crippen molar-refractivity contribution >= 4 is 28.9 Å². The van der Waals surface area contributed by atoms with E-state index in [0.29, 0.717) is 11.4 Å². The summed E-state index contributed by atoms with van der Waals surface area (Å²) in [6, 6.07) is 10.3. The molecule has 2 aliphatic carbocycles. The molecule has 0 aliphatic heterocycles. The first-order chi connectivity index (χ1) is 14.7. The van der Waals surface area contributed by atoms with Crippen LogP contribution in [0.4, 0.5) is 5.69 Å². The van der Waals surface area contributed by atoms with Crippen LogP contribution in [0.25, 0.3) is 5.69 Å². The number of nitriles is 1. The fraction of sp³-hybridized carbons (Fsp3) is 0.238. The van der Waals surface area contributed by atoms with Gasteiger partial charge in [-0.05, 0) is 19.1 Å². The number of anilines is 1. The number of hydrogen-bond donors (Lipinski definition) is 2. The van der Waals surface area contributed by atoms with E-state index >= 15 is 0 Å². The number of fused-ring (bicyclic) bond motifs is 1. The van der Waals surface area contributed by atoms with Crippen molar-refractivity contribution in [2.24, 2.45) is 24.1 Å². The number of Topliss-reactive ketones (excluding diaryl/α,β-unsaturated/α-hetero) is 3. The SMILES string of the molecule is Cc1c(NC(=O)C2C(=O)C3=C(N)CC(=O)C3(C#N)C2=O)c(=O)n(-c2ccccc2)n1C. The Bertz CT molecular complexity index is 1320. The van der Waals surface area contributed by atoms with Crippen molar-refractivity contribution in [3.63, 3.8) is 0 Å². The number of carbonyl (C=O) groups excluding carboxylic acids is 4. The number of carbonyl (C=O) groups is 4. The molecule has 1 amide bonds. The fourth-order valence-electron chi connectivity index (χ4n) is 4.18. The van der Waals surface area contributed by atoms with E-state index in [1.54, 1.807) is 50.4 Å². The molecule has 0 bridgehead atoms. The fourth-order valence-corrected chi connectivity index (χ4v) is 4.18. The maximum atomic E-state index is 13.0. The molecule has 3 N–H and O–H groups in total. The summed E-state index contributed by atoms with van der Waals surface area (Å²) in [5.74, 6) is -5.95. The summed E-state index contributed by atoms with van der Waals surface area (Å²) in [4.78, 5) is 63.9. The molecule has 10 nitrogen and oxygen atoms in total. The van der Waals surface area contributed by atoms with Gasteiger partial charge in [-0.1, -0.05) is 18.2 Å². The summed E-state index contributed by atoms with van der Waals surface area (Å²) in [5.41, 5.74) is 3.02. The molecule has 2 aliphatic rings. The van der Waals surface area contributed by atoms with E-state index in [1.807, 2.05) is 0 Å². The summed E-state index contributed by atoms with van der Waals surface area (Å²) >= 11 is 0. The minimum absolute atomic E-state index is 0.117. The second kappa shape index (κ2) is 6.63. The molecule has 2 atom stereocenters. The van der Waals surface area contributed by atoms with Crippen LogP contribution in [0, 0.1) is 29.6 Å². The van der Waals surface area contributed by atoms with E-state index in [-0.39, 0.29) is 11.4 Å². The average molecular weight is 419 g/mol. The van der Waals surface area contributed by atoms with Gasteiger partial charge in [0.2, 0.25) is 11.3 Å². The van der Waals surface area contributed by atoms with Crippen LogP contribution in [0.1, 0.15) is 12.1 Å². The highest BCUT2D eigenvalue weighted by molar-refractivity contribution is 6.41. The molecule has 0 saturated heterocycles. The van der Waals surface area contributed by atoms with Gasteiger partial charge in [0.25, 0.3) is 5.56 Å². The number of hydrogen-bond acceptors (Lipinski definition) is 7. The summed E-state index contributed by atoms with van der Waals surface area (Å²) in [6.07, 6.45) is -0.395. The number of para-hydroxylation sites is 1. The number of aromatic nitrogens is 2. The number of benzene rings is 1. The molecule has 1 heterocycles. The normalized spacial score (nSPS) is 22.6. The zero-order valence-corrected chi connectivity index (χ0v) is 16.6. The van der Waals surface area contributed by atoms with Gasteiger partial charge in [-0.25, -0.2) is 4.68 Å². The average Bonchev–Trinajstić information content (AvgIpc) is 3.23. The molecule has 1 fully saturated rings. The van der Waals surface area contributed by atoms with Gasteiger partial charge >= 0.3 is 0 Å². The van der Waals surface area contributed by atoms with Crippen LogP contribution in [0.5, 0.6) is 0 Å². The van der Waals surface area contributed by atoms with E-state index in [0.717, 1.165) is 0 Å². The van der Waals surface area contributed by atoms with Gasteiger partial charge in [-0.3, -0.25) is 28.7 Å². The second-order valence-electron chi connectivity index (χ2n) is 7.45. The minimum Gasteiger partial charge on any atom is -0.401 e. The Kier molecular flexibility index (Phi) is 4.29. The summed E-state index contributed by atoms with van der Waals surface area (Å²) in [6.45, 7) is 1.59. The molecular formula is C21H17N5O5. The third-order valence-electron chi connectivity index (χ3n) is 5.84. The largest absolute Gasteiger partial charge is 0.401 e. The first-order valence-electron chi connectivity index (χ1n) is 9.33. The van der Waals surface area contributed by atoms with Crippen molar-refractivity contribution in [1.82, 2.24) is 9.36 Å². The highest BCUT2D eigenvalue weighted by Gasteiger charge is 2.67. The lowest BCUT2D eigenvalue weighted by atomic mass is 9.81. The molecule has 156 valence electrons. The highest BCUT2D eigenvalue weighted by Crippen LogP contribution is 2.48. The van der Waals surface area contributed by atoms with Gasteiger partial charge in [-0.15, -0.1) is 0 Å². The molecule has 1 saturated carbocycles. The van der Waals surface area contributed by atoms with Crippen molar-refractivity contribution in [3.8, 4) is 11.8 Å². The molecule has 0 radical (unpaired) electrons. The van der Waals surface area contributed by atoms with Gasteiger partial charge in [-0.2, -0.15) is 5.26 Å². The van der Waals surface area contributed by atoms with Gasteiger partial charge < -0.3 is 11.1 Å². The maximum absolute atomic E-state index is 13.0. The third-order valence-corrected chi connectivity index (χ3v) is 5.84. The molecule has 1 aromatic heterocycles. The van der Waals surface area contributed by atoms with E-state index in [9.17, 15) is 29.2 Å². The number of nitrogens with one attached hydrogen (secondary N) is 1. The molecule has 1 aromatic carbocycles. The van der Waals surface area contributed by atoms with Crippen molar-refractivity contribution in [2.75, 3.05) is 5.32 Å². The molecule has 4 rings (SSSR count). The smallest absolute Gasteiger partial charge is 0.295 e. The molecule has 2 unspecified atom stereocenters. The third kappa shape index (κ3) is 2.46. The molecule has 31 heavy (non-hydrogen) atoms. The molecular weight excluding hydrogens is 402 g/mol. The number of allylic oxidation sites excluding steroid dienone is 2. The Morgan fingerprint density at radius 1 is 1.23 bits per heavy atom. The van der Waals surface area contributed by atoms with Crippen molar-refractivity contribution in [3.05, 3.63) is 57.6 Å². The van der Waals surface area contributed by atoms with Crippen LogP contribution < -0.4 is 16.6 Å². The Hall–Kier alpha value is -4.26. The quantitative estimate of drug-likeness (QED) is 0.657. The van der Waals surface area contributed by atoms with Crippen molar-refractivity contribution in [1.29, 1.82) is 5.26 Å². The van der Waals surface area contributed by atoms with Crippen LogP contribution in [0.15, 0.2) is 46.4 Å². The monoisotopic (exact) mass is 419 g/mol. The zero-order chi connectivity index (χ0) is 22.7. The zero-order valence-electron chi connectivity index (χ0n) is 16.6. The van der Waals surface area contributed by atoms with Gasteiger partial charge in [0.1, 0.15) is 5.69 Å². The summed E-state index contributed by atoms with van der Waals surface area (Å²) in [7, 11) is 1.62. The number of amides is 1. The van der Waals surface area contributed by atoms with Crippen LogP contribution in [-0.4, -0.2) is 32.6 Å². The molecule has 10 heteroatoms. The number of nitrogens with two attached hydrogens (primary N) is 1. The lowest BCUT2D eigenvalue weighted by molar-refractivity contribution is -0.138.